The van der Waals surface area contributed by atoms with Crippen LogP contribution in [0.3, 0.4) is 0 Å². The van der Waals surface area contributed by atoms with Gasteiger partial charge in [0, 0.05) is 11.4 Å². The largest absolute Gasteiger partial charge is 0.250 e. The van der Waals surface area contributed by atoms with E-state index in [2.05, 4.69) is 4.72 Å². The zero-order chi connectivity index (χ0) is 13.0. The van der Waals surface area contributed by atoms with E-state index in [1.54, 1.807) is 29.3 Å². The first kappa shape index (κ1) is 13.6. The highest BCUT2D eigenvalue weighted by Gasteiger charge is 2.14. The Bertz CT molecular complexity index is 589. The molecular formula is C12H13NO2S3. The normalized spacial score (nSPS) is 11.6. The third kappa shape index (κ3) is 3.35. The van der Waals surface area contributed by atoms with Crippen molar-refractivity contribution in [2.45, 2.75) is 15.6 Å². The molecular weight excluding hydrogens is 286 g/mol. The molecule has 2 rings (SSSR count). The molecule has 0 radical (unpaired) electrons. The van der Waals surface area contributed by atoms with Crippen molar-refractivity contribution in [3.8, 4) is 0 Å². The molecule has 2 aromatic rings. The summed E-state index contributed by atoms with van der Waals surface area (Å²) in [5.74, 6) is 0. The SMILES string of the molecule is CSc1ccc(CNS(=O)(=O)c2cccs2)cc1. The topological polar surface area (TPSA) is 46.2 Å². The Morgan fingerprint density at radius 1 is 1.22 bits per heavy atom. The number of rotatable bonds is 5. The molecule has 6 heteroatoms. The first-order valence-electron chi connectivity index (χ1n) is 5.28. The molecule has 18 heavy (non-hydrogen) atoms. The Hall–Kier alpha value is -0.820. The van der Waals surface area contributed by atoms with Gasteiger partial charge >= 0.3 is 0 Å². The van der Waals surface area contributed by atoms with E-state index in [1.807, 2.05) is 30.5 Å². The van der Waals surface area contributed by atoms with Crippen LogP contribution < -0.4 is 4.72 Å². The second-order valence-electron chi connectivity index (χ2n) is 3.60. The molecule has 96 valence electrons. The van der Waals surface area contributed by atoms with Crippen LogP contribution in [0.4, 0.5) is 0 Å². The molecule has 0 spiro atoms. The number of thioether (sulfide) groups is 1. The number of hydrogen-bond donors (Lipinski definition) is 1. The van der Waals surface area contributed by atoms with Crippen molar-refractivity contribution >= 4 is 33.1 Å². The van der Waals surface area contributed by atoms with Gasteiger partial charge in [-0.15, -0.1) is 23.1 Å². The molecule has 1 aromatic heterocycles. The zero-order valence-corrected chi connectivity index (χ0v) is 12.2. The third-order valence-corrected chi connectivity index (χ3v) is 5.93. The Kier molecular flexibility index (Phi) is 4.45. The third-order valence-electron chi connectivity index (χ3n) is 2.39. The van der Waals surface area contributed by atoms with Crippen molar-refractivity contribution in [2.24, 2.45) is 0 Å². The highest BCUT2D eigenvalue weighted by molar-refractivity contribution is 7.98. The molecule has 3 nitrogen and oxygen atoms in total. The van der Waals surface area contributed by atoms with Gasteiger partial charge in [-0.05, 0) is 35.4 Å². The maximum atomic E-state index is 11.9. The number of hydrogen-bond acceptors (Lipinski definition) is 4. The van der Waals surface area contributed by atoms with Crippen molar-refractivity contribution in [1.29, 1.82) is 0 Å². The fourth-order valence-electron chi connectivity index (χ4n) is 1.41. The molecule has 0 saturated heterocycles. The minimum atomic E-state index is -3.37. The molecule has 0 amide bonds. The van der Waals surface area contributed by atoms with Gasteiger partial charge < -0.3 is 0 Å². The quantitative estimate of drug-likeness (QED) is 0.863. The summed E-state index contributed by atoms with van der Waals surface area (Å²) in [4.78, 5) is 1.17. The molecule has 0 aliphatic carbocycles. The summed E-state index contributed by atoms with van der Waals surface area (Å²) in [5.41, 5.74) is 0.952. The lowest BCUT2D eigenvalue weighted by atomic mass is 10.2. The standard InChI is InChI=1S/C12H13NO2S3/c1-16-11-6-4-10(5-7-11)9-13-18(14,15)12-3-2-8-17-12/h2-8,13H,9H2,1H3. The molecule has 0 saturated carbocycles. The molecule has 0 unspecified atom stereocenters. The molecule has 0 bridgehead atoms. The minimum Gasteiger partial charge on any atom is -0.206 e. The second-order valence-corrected chi connectivity index (χ2v) is 7.43. The molecule has 1 N–H and O–H groups in total. The van der Waals surface area contributed by atoms with E-state index in [4.69, 9.17) is 0 Å². The van der Waals surface area contributed by atoms with Gasteiger partial charge in [0.25, 0.3) is 0 Å². The van der Waals surface area contributed by atoms with Crippen LogP contribution in [0, 0.1) is 0 Å². The van der Waals surface area contributed by atoms with Gasteiger partial charge in [-0.25, -0.2) is 13.1 Å². The van der Waals surface area contributed by atoms with E-state index in [9.17, 15) is 8.42 Å². The predicted octanol–water partition coefficient (Wildman–Crippen LogP) is 2.95. The average Bonchev–Trinajstić information content (AvgIpc) is 2.92. The summed E-state index contributed by atoms with van der Waals surface area (Å²) < 4.78 is 26.7. The van der Waals surface area contributed by atoms with Gasteiger partial charge in [0.1, 0.15) is 4.21 Å². The monoisotopic (exact) mass is 299 g/mol. The highest BCUT2D eigenvalue weighted by atomic mass is 32.2. The summed E-state index contributed by atoms with van der Waals surface area (Å²) in [6.45, 7) is 0.314. The predicted molar refractivity (Wildman–Crippen MR) is 76.6 cm³/mol. The van der Waals surface area contributed by atoms with Gasteiger partial charge in [0.2, 0.25) is 10.0 Å². The fourth-order valence-corrected chi connectivity index (χ4v) is 3.87. The van der Waals surface area contributed by atoms with Crippen LogP contribution >= 0.6 is 23.1 Å². The summed E-state index contributed by atoms with van der Waals surface area (Å²) in [5, 5.41) is 1.75. The molecule has 0 aliphatic heterocycles. The van der Waals surface area contributed by atoms with E-state index in [0.29, 0.717) is 10.8 Å². The van der Waals surface area contributed by atoms with Crippen molar-refractivity contribution in [2.75, 3.05) is 6.26 Å². The first-order valence-corrected chi connectivity index (χ1v) is 8.87. The molecule has 1 aromatic carbocycles. The van der Waals surface area contributed by atoms with Crippen molar-refractivity contribution in [3.63, 3.8) is 0 Å². The van der Waals surface area contributed by atoms with Gasteiger partial charge in [0.05, 0.1) is 0 Å². The maximum Gasteiger partial charge on any atom is 0.250 e. The van der Waals surface area contributed by atoms with Crippen molar-refractivity contribution < 1.29 is 8.42 Å². The van der Waals surface area contributed by atoms with Crippen LogP contribution in [-0.2, 0) is 16.6 Å². The van der Waals surface area contributed by atoms with E-state index >= 15 is 0 Å². The second kappa shape index (κ2) is 5.88. The van der Waals surface area contributed by atoms with Crippen LogP contribution in [0.15, 0.2) is 50.9 Å². The van der Waals surface area contributed by atoms with E-state index in [0.717, 1.165) is 5.56 Å². The lowest BCUT2D eigenvalue weighted by molar-refractivity contribution is 0.583. The van der Waals surface area contributed by atoms with Crippen LogP contribution in [0.1, 0.15) is 5.56 Å². The summed E-state index contributed by atoms with van der Waals surface area (Å²) in [6, 6.07) is 11.2. The number of nitrogens with one attached hydrogen (secondary N) is 1. The molecule has 0 atom stereocenters. The molecule has 0 fully saturated rings. The lowest BCUT2D eigenvalue weighted by Crippen LogP contribution is -2.22. The fraction of sp³-hybridized carbons (Fsp3) is 0.167. The maximum absolute atomic E-state index is 11.9. The van der Waals surface area contributed by atoms with Crippen LogP contribution in [0.25, 0.3) is 0 Å². The van der Waals surface area contributed by atoms with Gasteiger partial charge in [-0.2, -0.15) is 0 Å². The Labute approximate surface area is 115 Å². The smallest absolute Gasteiger partial charge is 0.206 e. The number of sulfonamides is 1. The first-order chi connectivity index (χ1) is 8.62. The molecule has 1 heterocycles. The van der Waals surface area contributed by atoms with Crippen LogP contribution in [-0.4, -0.2) is 14.7 Å². The number of thiophene rings is 1. The Morgan fingerprint density at radius 3 is 2.50 bits per heavy atom. The van der Waals surface area contributed by atoms with Gasteiger partial charge in [-0.1, -0.05) is 18.2 Å². The van der Waals surface area contributed by atoms with Crippen LogP contribution in [0.5, 0.6) is 0 Å². The average molecular weight is 299 g/mol. The number of benzene rings is 1. The van der Waals surface area contributed by atoms with E-state index in [1.165, 1.54) is 16.2 Å². The van der Waals surface area contributed by atoms with Crippen molar-refractivity contribution in [1.82, 2.24) is 4.72 Å². The van der Waals surface area contributed by atoms with Crippen LogP contribution in [0.2, 0.25) is 0 Å². The summed E-state index contributed by atoms with van der Waals surface area (Å²) in [6.07, 6.45) is 2.01. The van der Waals surface area contributed by atoms with Crippen molar-refractivity contribution in [3.05, 3.63) is 47.3 Å². The lowest BCUT2D eigenvalue weighted by Gasteiger charge is -2.05. The minimum absolute atomic E-state index is 0.314. The summed E-state index contributed by atoms with van der Waals surface area (Å²) >= 11 is 2.88. The highest BCUT2D eigenvalue weighted by Crippen LogP contribution is 2.17. The molecule has 0 aliphatic rings. The van der Waals surface area contributed by atoms with E-state index < -0.39 is 10.0 Å². The Morgan fingerprint density at radius 2 is 1.94 bits per heavy atom. The zero-order valence-electron chi connectivity index (χ0n) is 9.79. The Balaban J connectivity index is 2.03. The van der Waals surface area contributed by atoms with Gasteiger partial charge in [-0.3, -0.25) is 0 Å². The summed E-state index contributed by atoms with van der Waals surface area (Å²) in [7, 11) is -3.37. The van der Waals surface area contributed by atoms with E-state index in [-0.39, 0.29) is 0 Å². The van der Waals surface area contributed by atoms with Gasteiger partial charge in [0.15, 0.2) is 0 Å².